The van der Waals surface area contributed by atoms with Gasteiger partial charge >= 0.3 is 0 Å². The van der Waals surface area contributed by atoms with Crippen molar-refractivity contribution in [2.24, 2.45) is 5.92 Å². The Hall–Kier alpha value is -1.01. The maximum Gasteiger partial charge on any atom is 0.229 e. The summed E-state index contributed by atoms with van der Waals surface area (Å²) in [6.07, 6.45) is 6.06. The van der Waals surface area contributed by atoms with E-state index in [9.17, 15) is 4.79 Å². The van der Waals surface area contributed by atoms with E-state index in [-0.39, 0.29) is 17.9 Å². The summed E-state index contributed by atoms with van der Waals surface area (Å²) in [7, 11) is 0. The molecule has 0 bridgehead atoms. The molecule has 1 fully saturated rings. The Morgan fingerprint density at radius 3 is 2.86 bits per heavy atom. The number of carbonyl (C=O) groups excluding carboxylic acids is 1. The third-order valence-corrected chi connectivity index (χ3v) is 2.67. The molecule has 1 heterocycles. The fourth-order valence-corrected chi connectivity index (χ4v) is 1.75. The van der Waals surface area contributed by atoms with Gasteiger partial charge in [-0.05, 0) is 20.3 Å². The topological polar surface area (TPSA) is 29.5 Å². The van der Waals surface area contributed by atoms with E-state index in [1.165, 1.54) is 0 Å². The number of hydrogen-bond acceptors (Lipinski definition) is 2. The Morgan fingerprint density at radius 1 is 1.71 bits per heavy atom. The molecule has 0 N–H and O–H groups in total. The van der Waals surface area contributed by atoms with Crippen molar-refractivity contribution >= 4 is 5.91 Å². The molecule has 3 nitrogen and oxygen atoms in total. The van der Waals surface area contributed by atoms with Crippen molar-refractivity contribution in [3.8, 4) is 12.3 Å². The van der Waals surface area contributed by atoms with E-state index < -0.39 is 0 Å². The maximum atomic E-state index is 11.9. The summed E-state index contributed by atoms with van der Waals surface area (Å²) in [6, 6.07) is 0. The molecule has 1 amide bonds. The van der Waals surface area contributed by atoms with E-state index in [0.29, 0.717) is 19.7 Å². The minimum absolute atomic E-state index is 0.00306. The standard InChI is InChI=1S/C11H17NO2/c1-4-7-12(5-2)11(13)10-6-8-14-9(10)3/h1,9-10H,5-8H2,2-3H3. The second kappa shape index (κ2) is 5.02. The average molecular weight is 195 g/mol. The van der Waals surface area contributed by atoms with E-state index >= 15 is 0 Å². The number of rotatable bonds is 3. The predicted octanol–water partition coefficient (Wildman–Crippen LogP) is 0.893. The first-order valence-electron chi connectivity index (χ1n) is 5.04. The second-order valence-electron chi connectivity index (χ2n) is 3.53. The molecule has 0 aliphatic carbocycles. The molecule has 3 heteroatoms. The van der Waals surface area contributed by atoms with Gasteiger partial charge < -0.3 is 9.64 Å². The van der Waals surface area contributed by atoms with Gasteiger partial charge in [-0.3, -0.25) is 4.79 Å². The minimum atomic E-state index is 0.00306. The van der Waals surface area contributed by atoms with Gasteiger partial charge in [-0.2, -0.15) is 0 Å². The number of hydrogen-bond donors (Lipinski definition) is 0. The number of ether oxygens (including phenoxy) is 1. The molecular formula is C11H17NO2. The summed E-state index contributed by atoms with van der Waals surface area (Å²) in [5, 5.41) is 0. The first kappa shape index (κ1) is 11.1. The Balaban J connectivity index is 2.58. The lowest BCUT2D eigenvalue weighted by Gasteiger charge is -2.23. The van der Waals surface area contributed by atoms with Crippen LogP contribution in [-0.4, -0.2) is 36.6 Å². The van der Waals surface area contributed by atoms with E-state index in [2.05, 4.69) is 5.92 Å². The summed E-state index contributed by atoms with van der Waals surface area (Å²) in [5.74, 6) is 2.64. The van der Waals surface area contributed by atoms with Crippen LogP contribution in [0.4, 0.5) is 0 Å². The van der Waals surface area contributed by atoms with Crippen LogP contribution < -0.4 is 0 Å². The largest absolute Gasteiger partial charge is 0.378 e. The molecule has 1 rings (SSSR count). The predicted molar refractivity (Wildman–Crippen MR) is 54.6 cm³/mol. The Kier molecular flexibility index (Phi) is 3.97. The van der Waals surface area contributed by atoms with Gasteiger partial charge in [0, 0.05) is 13.2 Å². The van der Waals surface area contributed by atoms with Crippen LogP contribution in [0.5, 0.6) is 0 Å². The van der Waals surface area contributed by atoms with Crippen LogP contribution >= 0.6 is 0 Å². The lowest BCUT2D eigenvalue weighted by Crippen LogP contribution is -2.38. The molecule has 0 aromatic rings. The zero-order valence-electron chi connectivity index (χ0n) is 8.82. The molecule has 14 heavy (non-hydrogen) atoms. The maximum absolute atomic E-state index is 11.9. The summed E-state index contributed by atoms with van der Waals surface area (Å²) < 4.78 is 5.36. The lowest BCUT2D eigenvalue weighted by atomic mass is 10.0. The minimum Gasteiger partial charge on any atom is -0.378 e. The highest BCUT2D eigenvalue weighted by molar-refractivity contribution is 5.79. The van der Waals surface area contributed by atoms with Gasteiger partial charge in [0.1, 0.15) is 0 Å². The van der Waals surface area contributed by atoms with Crippen LogP contribution in [0.1, 0.15) is 20.3 Å². The van der Waals surface area contributed by atoms with Crippen LogP contribution in [0.25, 0.3) is 0 Å². The fraction of sp³-hybridized carbons (Fsp3) is 0.727. The highest BCUT2D eigenvalue weighted by atomic mass is 16.5. The van der Waals surface area contributed by atoms with Gasteiger partial charge in [-0.1, -0.05) is 5.92 Å². The van der Waals surface area contributed by atoms with Crippen molar-refractivity contribution in [3.05, 3.63) is 0 Å². The smallest absolute Gasteiger partial charge is 0.229 e. The van der Waals surface area contributed by atoms with Crippen LogP contribution in [0.3, 0.4) is 0 Å². The summed E-state index contributed by atoms with van der Waals surface area (Å²) in [6.45, 7) is 5.64. The molecule has 1 saturated heterocycles. The molecule has 0 radical (unpaired) electrons. The van der Waals surface area contributed by atoms with Crippen molar-refractivity contribution in [1.82, 2.24) is 4.90 Å². The fourth-order valence-electron chi connectivity index (χ4n) is 1.75. The molecular weight excluding hydrogens is 178 g/mol. The SMILES string of the molecule is C#CCN(CC)C(=O)C1CCOC1C. The van der Waals surface area contributed by atoms with Gasteiger partial charge in [0.15, 0.2) is 0 Å². The van der Waals surface area contributed by atoms with Crippen LogP contribution in [0.15, 0.2) is 0 Å². The summed E-state index contributed by atoms with van der Waals surface area (Å²) >= 11 is 0. The van der Waals surface area contributed by atoms with Crippen molar-refractivity contribution < 1.29 is 9.53 Å². The molecule has 2 unspecified atom stereocenters. The number of amides is 1. The van der Waals surface area contributed by atoms with Crippen molar-refractivity contribution in [2.75, 3.05) is 19.7 Å². The van der Waals surface area contributed by atoms with E-state index in [4.69, 9.17) is 11.2 Å². The molecule has 0 saturated carbocycles. The first-order valence-corrected chi connectivity index (χ1v) is 5.04. The van der Waals surface area contributed by atoms with Crippen molar-refractivity contribution in [3.63, 3.8) is 0 Å². The van der Waals surface area contributed by atoms with Gasteiger partial charge in [0.05, 0.1) is 18.6 Å². The molecule has 2 atom stereocenters. The molecule has 78 valence electrons. The van der Waals surface area contributed by atoms with Crippen LogP contribution in [-0.2, 0) is 9.53 Å². The van der Waals surface area contributed by atoms with Gasteiger partial charge in [-0.15, -0.1) is 6.42 Å². The number of terminal acetylenes is 1. The van der Waals surface area contributed by atoms with Crippen molar-refractivity contribution in [1.29, 1.82) is 0 Å². The Bertz CT molecular complexity index is 244. The zero-order chi connectivity index (χ0) is 10.6. The summed E-state index contributed by atoms with van der Waals surface area (Å²) in [4.78, 5) is 13.6. The van der Waals surface area contributed by atoms with Crippen LogP contribution in [0.2, 0.25) is 0 Å². The second-order valence-corrected chi connectivity index (χ2v) is 3.53. The monoisotopic (exact) mass is 195 g/mol. The molecule has 0 spiro atoms. The molecule has 1 aliphatic rings. The molecule has 0 aromatic heterocycles. The van der Waals surface area contributed by atoms with E-state index in [1.807, 2.05) is 13.8 Å². The third kappa shape index (κ3) is 2.27. The quantitative estimate of drug-likeness (QED) is 0.626. The lowest BCUT2D eigenvalue weighted by molar-refractivity contribution is -0.136. The highest BCUT2D eigenvalue weighted by Gasteiger charge is 2.32. The first-order chi connectivity index (χ1) is 6.70. The van der Waals surface area contributed by atoms with Gasteiger partial charge in [0.25, 0.3) is 0 Å². The molecule has 0 aromatic carbocycles. The summed E-state index contributed by atoms with van der Waals surface area (Å²) in [5.41, 5.74) is 0. The normalized spacial score (nSPS) is 25.8. The third-order valence-electron chi connectivity index (χ3n) is 2.67. The van der Waals surface area contributed by atoms with Crippen LogP contribution in [0, 0.1) is 18.3 Å². The number of nitrogens with zero attached hydrogens (tertiary/aromatic N) is 1. The highest BCUT2D eigenvalue weighted by Crippen LogP contribution is 2.22. The van der Waals surface area contributed by atoms with Gasteiger partial charge in [0.2, 0.25) is 5.91 Å². The zero-order valence-corrected chi connectivity index (χ0v) is 8.82. The molecule has 1 aliphatic heterocycles. The van der Waals surface area contributed by atoms with E-state index in [0.717, 1.165) is 6.42 Å². The number of carbonyl (C=O) groups is 1. The average Bonchev–Trinajstić information content (AvgIpc) is 2.59. The van der Waals surface area contributed by atoms with E-state index in [1.54, 1.807) is 4.90 Å². The Labute approximate surface area is 85.4 Å². The van der Waals surface area contributed by atoms with Gasteiger partial charge in [-0.25, -0.2) is 0 Å². The van der Waals surface area contributed by atoms with Crippen molar-refractivity contribution in [2.45, 2.75) is 26.4 Å². The Morgan fingerprint density at radius 2 is 2.43 bits per heavy atom.